The normalized spacial score (nSPS) is 25.1. The number of likely N-dealkylation sites (N-methyl/N-ethyl adjacent to an activating group) is 1. The van der Waals surface area contributed by atoms with Crippen molar-refractivity contribution >= 4 is 18.5 Å². The summed E-state index contributed by atoms with van der Waals surface area (Å²) in [5.74, 6) is 0.975. The number of nitrogens with zero attached hydrogens (tertiary/aromatic N) is 2. The quantitative estimate of drug-likeness (QED) is 0.732. The van der Waals surface area contributed by atoms with E-state index in [1.54, 1.807) is 4.90 Å². The number of amides is 1. The van der Waals surface area contributed by atoms with Gasteiger partial charge in [-0.15, -0.1) is 0 Å². The SMILES string of the molecule is C[C@@H]1CN(C)C(=O)CN1CCOc1ccc(B2OC(C)(C)C(C)(C)O2)cc1. The summed E-state index contributed by atoms with van der Waals surface area (Å²) in [7, 11) is 1.50. The molecule has 3 rings (SSSR count). The number of carbonyl (C=O) groups is 1. The lowest BCUT2D eigenvalue weighted by Crippen LogP contribution is -2.54. The first-order valence-corrected chi connectivity index (χ1v) is 9.65. The molecule has 0 radical (unpaired) electrons. The molecule has 6 nitrogen and oxygen atoms in total. The average molecular weight is 374 g/mol. The Balaban J connectivity index is 1.51. The molecular formula is C20H31BN2O4. The Hall–Kier alpha value is -1.57. The molecule has 148 valence electrons. The molecule has 0 saturated carbocycles. The van der Waals surface area contributed by atoms with Crippen molar-refractivity contribution in [3.05, 3.63) is 24.3 Å². The van der Waals surface area contributed by atoms with Crippen LogP contribution in [0.2, 0.25) is 0 Å². The lowest BCUT2D eigenvalue weighted by atomic mass is 9.79. The largest absolute Gasteiger partial charge is 0.494 e. The van der Waals surface area contributed by atoms with Gasteiger partial charge in [-0.05, 0) is 52.2 Å². The highest BCUT2D eigenvalue weighted by Crippen LogP contribution is 2.36. The monoisotopic (exact) mass is 374 g/mol. The average Bonchev–Trinajstić information content (AvgIpc) is 2.81. The Bertz CT molecular complexity index is 661. The smallest absolute Gasteiger partial charge is 0.492 e. The van der Waals surface area contributed by atoms with Gasteiger partial charge in [-0.1, -0.05) is 12.1 Å². The van der Waals surface area contributed by atoms with Gasteiger partial charge in [0.15, 0.2) is 0 Å². The maximum absolute atomic E-state index is 11.9. The summed E-state index contributed by atoms with van der Waals surface area (Å²) in [4.78, 5) is 15.8. The predicted octanol–water partition coefficient (Wildman–Crippen LogP) is 1.53. The van der Waals surface area contributed by atoms with Crippen molar-refractivity contribution in [3.63, 3.8) is 0 Å². The first-order valence-electron chi connectivity index (χ1n) is 9.65. The summed E-state index contributed by atoms with van der Waals surface area (Å²) in [6, 6.07) is 8.21. The van der Waals surface area contributed by atoms with Crippen LogP contribution < -0.4 is 10.2 Å². The molecule has 27 heavy (non-hydrogen) atoms. The van der Waals surface area contributed by atoms with Crippen molar-refractivity contribution < 1.29 is 18.8 Å². The van der Waals surface area contributed by atoms with Gasteiger partial charge < -0.3 is 18.9 Å². The molecule has 1 atom stereocenters. The van der Waals surface area contributed by atoms with E-state index in [0.717, 1.165) is 24.3 Å². The number of piperazine rings is 1. The maximum Gasteiger partial charge on any atom is 0.494 e. The van der Waals surface area contributed by atoms with E-state index in [-0.39, 0.29) is 24.2 Å². The van der Waals surface area contributed by atoms with Gasteiger partial charge in [0.05, 0.1) is 17.7 Å². The van der Waals surface area contributed by atoms with Gasteiger partial charge in [0, 0.05) is 26.2 Å². The van der Waals surface area contributed by atoms with Gasteiger partial charge in [-0.3, -0.25) is 9.69 Å². The first kappa shape index (κ1) is 20.2. The second kappa shape index (κ2) is 7.45. The summed E-state index contributed by atoms with van der Waals surface area (Å²) in [5, 5.41) is 0. The van der Waals surface area contributed by atoms with Crippen LogP contribution in [0.5, 0.6) is 5.75 Å². The third-order valence-corrected chi connectivity index (χ3v) is 5.98. The van der Waals surface area contributed by atoms with Gasteiger partial charge in [0.2, 0.25) is 5.91 Å². The highest BCUT2D eigenvalue weighted by molar-refractivity contribution is 6.62. The first-order chi connectivity index (χ1) is 12.6. The molecule has 0 unspecified atom stereocenters. The molecule has 0 aliphatic carbocycles. The van der Waals surface area contributed by atoms with Crippen LogP contribution in [0.3, 0.4) is 0 Å². The van der Waals surface area contributed by atoms with Crippen LogP contribution in [0.4, 0.5) is 0 Å². The molecule has 1 amide bonds. The van der Waals surface area contributed by atoms with E-state index < -0.39 is 0 Å². The molecule has 0 spiro atoms. The van der Waals surface area contributed by atoms with Crippen LogP contribution in [0.15, 0.2) is 24.3 Å². The second-order valence-electron chi connectivity index (χ2n) is 8.60. The number of hydrogen-bond donors (Lipinski definition) is 0. The fraction of sp³-hybridized carbons (Fsp3) is 0.650. The molecule has 1 aromatic rings. The van der Waals surface area contributed by atoms with Crippen LogP contribution in [-0.2, 0) is 14.1 Å². The molecular weight excluding hydrogens is 343 g/mol. The summed E-state index contributed by atoms with van der Waals surface area (Å²) in [6.45, 7) is 12.9. The number of ether oxygens (including phenoxy) is 1. The van der Waals surface area contributed by atoms with Crippen molar-refractivity contribution in [1.82, 2.24) is 9.80 Å². The zero-order valence-corrected chi connectivity index (χ0v) is 17.3. The van der Waals surface area contributed by atoms with Gasteiger partial charge in [0.25, 0.3) is 0 Å². The lowest BCUT2D eigenvalue weighted by molar-refractivity contribution is -0.136. The zero-order chi connectivity index (χ0) is 19.8. The minimum absolute atomic E-state index is 0.167. The van der Waals surface area contributed by atoms with Crippen LogP contribution >= 0.6 is 0 Å². The Morgan fingerprint density at radius 1 is 1.15 bits per heavy atom. The predicted molar refractivity (Wildman–Crippen MR) is 106 cm³/mol. The molecule has 1 aromatic carbocycles. The summed E-state index contributed by atoms with van der Waals surface area (Å²) < 4.78 is 18.0. The van der Waals surface area contributed by atoms with Crippen molar-refractivity contribution in [2.24, 2.45) is 0 Å². The minimum atomic E-state index is -0.360. The van der Waals surface area contributed by atoms with Crippen LogP contribution in [0.25, 0.3) is 0 Å². The fourth-order valence-corrected chi connectivity index (χ4v) is 3.34. The Labute approximate surface area is 162 Å². The van der Waals surface area contributed by atoms with Crippen LogP contribution in [-0.4, -0.2) is 73.4 Å². The van der Waals surface area contributed by atoms with Gasteiger partial charge >= 0.3 is 7.12 Å². The molecule has 2 saturated heterocycles. The third kappa shape index (κ3) is 4.31. The molecule has 0 aromatic heterocycles. The lowest BCUT2D eigenvalue weighted by Gasteiger charge is -2.37. The van der Waals surface area contributed by atoms with Crippen molar-refractivity contribution in [2.75, 3.05) is 33.3 Å². The maximum atomic E-state index is 11.9. The zero-order valence-electron chi connectivity index (χ0n) is 17.3. The Morgan fingerprint density at radius 3 is 2.33 bits per heavy atom. The summed E-state index contributed by atoms with van der Waals surface area (Å²) in [5.41, 5.74) is 0.298. The van der Waals surface area contributed by atoms with Gasteiger partial charge in [-0.25, -0.2) is 0 Å². The highest BCUT2D eigenvalue weighted by atomic mass is 16.7. The Morgan fingerprint density at radius 2 is 1.74 bits per heavy atom. The minimum Gasteiger partial charge on any atom is -0.492 e. The molecule has 2 aliphatic heterocycles. The molecule has 2 heterocycles. The number of benzene rings is 1. The molecule has 2 fully saturated rings. The van der Waals surface area contributed by atoms with E-state index in [1.165, 1.54) is 0 Å². The number of rotatable bonds is 5. The van der Waals surface area contributed by atoms with E-state index >= 15 is 0 Å². The van der Waals surface area contributed by atoms with Gasteiger partial charge in [-0.2, -0.15) is 0 Å². The van der Waals surface area contributed by atoms with Crippen LogP contribution in [0, 0.1) is 0 Å². The van der Waals surface area contributed by atoms with E-state index in [2.05, 4.69) is 39.5 Å². The summed E-state index contributed by atoms with van der Waals surface area (Å²) >= 11 is 0. The molecule has 0 N–H and O–H groups in total. The Kier molecular flexibility index (Phi) is 5.57. The van der Waals surface area contributed by atoms with Crippen molar-refractivity contribution in [1.29, 1.82) is 0 Å². The fourth-order valence-electron chi connectivity index (χ4n) is 3.34. The summed E-state index contributed by atoms with van der Waals surface area (Å²) in [6.07, 6.45) is 0. The number of hydrogen-bond acceptors (Lipinski definition) is 5. The highest BCUT2D eigenvalue weighted by Gasteiger charge is 2.51. The molecule has 2 aliphatic rings. The van der Waals surface area contributed by atoms with Crippen molar-refractivity contribution in [3.8, 4) is 5.75 Å². The van der Waals surface area contributed by atoms with Gasteiger partial charge in [0.1, 0.15) is 12.4 Å². The third-order valence-electron chi connectivity index (χ3n) is 5.98. The van der Waals surface area contributed by atoms with Crippen molar-refractivity contribution in [2.45, 2.75) is 51.9 Å². The topological polar surface area (TPSA) is 51.2 Å². The van der Waals surface area contributed by atoms with E-state index in [0.29, 0.717) is 19.2 Å². The van der Waals surface area contributed by atoms with Crippen LogP contribution in [0.1, 0.15) is 34.6 Å². The number of carbonyl (C=O) groups excluding carboxylic acids is 1. The van der Waals surface area contributed by atoms with E-state index in [4.69, 9.17) is 14.0 Å². The standard InChI is InChI=1S/C20H31BN2O4/c1-15-13-22(6)18(24)14-23(15)11-12-25-17-9-7-16(8-10-17)21-26-19(2,3)20(4,5)27-21/h7-10,15H,11-14H2,1-6H3/t15-/m1/s1. The molecule has 0 bridgehead atoms. The van der Waals surface area contributed by atoms with E-state index in [9.17, 15) is 4.79 Å². The van der Waals surface area contributed by atoms with E-state index in [1.807, 2.05) is 31.3 Å². The second-order valence-corrected chi connectivity index (χ2v) is 8.60. The molecule has 7 heteroatoms.